The summed E-state index contributed by atoms with van der Waals surface area (Å²) in [6.07, 6.45) is 1.18. The van der Waals surface area contributed by atoms with Crippen molar-refractivity contribution in [2.24, 2.45) is 10.9 Å². The number of fused-ring (bicyclic) bond motifs is 1. The third kappa shape index (κ3) is 7.41. The lowest BCUT2D eigenvalue weighted by Crippen LogP contribution is -2.44. The molecule has 0 radical (unpaired) electrons. The molecule has 2 atom stereocenters. The van der Waals surface area contributed by atoms with E-state index in [2.05, 4.69) is 0 Å². The molecule has 0 N–H and O–H groups in total. The van der Waals surface area contributed by atoms with Gasteiger partial charge in [0.15, 0.2) is 16.7 Å². The van der Waals surface area contributed by atoms with Crippen LogP contribution in [0.4, 0.5) is 0 Å². The van der Waals surface area contributed by atoms with Gasteiger partial charge in [-0.25, -0.2) is 9.79 Å². The van der Waals surface area contributed by atoms with E-state index in [4.69, 9.17) is 23.9 Å². The third-order valence-corrected chi connectivity index (χ3v) is 8.92. The zero-order valence-electron chi connectivity index (χ0n) is 27.0. The first kappa shape index (κ1) is 33.1. The molecule has 2 aromatic rings. The number of rotatable bonds is 11. The van der Waals surface area contributed by atoms with Crippen molar-refractivity contribution in [2.45, 2.75) is 65.7 Å². The highest BCUT2D eigenvalue weighted by Gasteiger charge is 2.42. The van der Waals surface area contributed by atoms with Crippen molar-refractivity contribution in [3.8, 4) is 11.5 Å². The molecular formula is C35H41N3O7S. The zero-order chi connectivity index (χ0) is 32.8. The van der Waals surface area contributed by atoms with Crippen LogP contribution in [-0.4, -0.2) is 65.7 Å². The van der Waals surface area contributed by atoms with Gasteiger partial charge >= 0.3 is 11.9 Å². The fourth-order valence-corrected chi connectivity index (χ4v) is 6.82. The topological polar surface area (TPSA) is 107 Å². The number of nitrogens with zero attached hydrogens (tertiary/aromatic N) is 3. The SMILES string of the molecule is CCOC(=O)[C@H]1CCCN(C(=O)CC2=CSC3=NC(C)=C(C(=O)OC(C)C)[C@H](c4ccc(OCc5ccccc5)c(OC)c4)N23)C1. The Labute approximate surface area is 274 Å². The first-order valence-corrected chi connectivity index (χ1v) is 16.5. The largest absolute Gasteiger partial charge is 0.493 e. The van der Waals surface area contributed by atoms with Gasteiger partial charge in [0, 0.05) is 18.8 Å². The van der Waals surface area contributed by atoms with Gasteiger partial charge in [-0.2, -0.15) is 0 Å². The van der Waals surface area contributed by atoms with Gasteiger partial charge in [0.1, 0.15) is 6.61 Å². The van der Waals surface area contributed by atoms with Gasteiger partial charge in [-0.1, -0.05) is 48.2 Å². The predicted octanol–water partition coefficient (Wildman–Crippen LogP) is 5.99. The Morgan fingerprint density at radius 1 is 1.09 bits per heavy atom. The molecule has 0 aromatic heterocycles. The second-order valence-electron chi connectivity index (χ2n) is 11.6. The van der Waals surface area contributed by atoms with Gasteiger partial charge in [-0.3, -0.25) is 9.59 Å². The smallest absolute Gasteiger partial charge is 0.338 e. The van der Waals surface area contributed by atoms with E-state index in [0.717, 1.165) is 17.5 Å². The maximum absolute atomic E-state index is 13.7. The number of ether oxygens (including phenoxy) is 4. The Morgan fingerprint density at radius 2 is 1.87 bits per heavy atom. The lowest BCUT2D eigenvalue weighted by molar-refractivity contribution is -0.151. The normalized spacial score (nSPS) is 19.3. The number of carbonyl (C=O) groups is 3. The first-order valence-electron chi connectivity index (χ1n) is 15.6. The lowest BCUT2D eigenvalue weighted by atomic mass is 9.93. The Bertz CT molecular complexity index is 1550. The molecule has 0 unspecified atom stereocenters. The zero-order valence-corrected chi connectivity index (χ0v) is 27.8. The van der Waals surface area contributed by atoms with Crippen molar-refractivity contribution in [3.05, 3.63) is 82.0 Å². The highest BCUT2D eigenvalue weighted by Crippen LogP contribution is 2.46. The average molecular weight is 648 g/mol. The molecule has 11 heteroatoms. The summed E-state index contributed by atoms with van der Waals surface area (Å²) in [6, 6.07) is 14.8. The first-order chi connectivity index (χ1) is 22.2. The van der Waals surface area contributed by atoms with Gasteiger partial charge in [0.05, 0.1) is 49.5 Å². The molecule has 10 nitrogen and oxygen atoms in total. The average Bonchev–Trinajstić information content (AvgIpc) is 3.44. The molecule has 1 fully saturated rings. The molecule has 5 rings (SSSR count). The van der Waals surface area contributed by atoms with Crippen LogP contribution < -0.4 is 9.47 Å². The Kier molecular flexibility index (Phi) is 10.7. The summed E-state index contributed by atoms with van der Waals surface area (Å²) in [6.45, 7) is 8.78. The van der Waals surface area contributed by atoms with Gasteiger partial charge < -0.3 is 28.7 Å². The molecular weight excluding hydrogens is 606 g/mol. The molecule has 3 heterocycles. The minimum absolute atomic E-state index is 0.0824. The van der Waals surface area contributed by atoms with Crippen molar-refractivity contribution in [1.82, 2.24) is 9.80 Å². The number of hydrogen-bond donors (Lipinski definition) is 0. The van der Waals surface area contributed by atoms with Gasteiger partial charge in [0.2, 0.25) is 5.91 Å². The number of likely N-dealkylation sites (tertiary alicyclic amines) is 1. The van der Waals surface area contributed by atoms with Crippen LogP contribution in [0.3, 0.4) is 0 Å². The summed E-state index contributed by atoms with van der Waals surface area (Å²) < 4.78 is 22.8. The number of carbonyl (C=O) groups excluding carboxylic acids is 3. The van der Waals surface area contributed by atoms with E-state index in [0.29, 0.717) is 66.4 Å². The molecule has 0 bridgehead atoms. The Morgan fingerprint density at radius 3 is 2.59 bits per heavy atom. The second kappa shape index (κ2) is 14.9. The Hall–Kier alpha value is -4.25. The molecule has 1 amide bonds. The van der Waals surface area contributed by atoms with Crippen LogP contribution in [0.15, 0.2) is 75.9 Å². The van der Waals surface area contributed by atoms with Crippen molar-refractivity contribution in [3.63, 3.8) is 0 Å². The molecule has 0 aliphatic carbocycles. The van der Waals surface area contributed by atoms with Crippen molar-refractivity contribution < 1.29 is 33.3 Å². The number of methoxy groups -OCH3 is 1. The molecule has 3 aliphatic heterocycles. The van der Waals surface area contributed by atoms with E-state index in [1.807, 2.05) is 58.8 Å². The van der Waals surface area contributed by atoms with Crippen LogP contribution in [0.1, 0.15) is 64.1 Å². The number of benzene rings is 2. The molecule has 46 heavy (non-hydrogen) atoms. The highest BCUT2D eigenvalue weighted by molar-refractivity contribution is 8.16. The fourth-order valence-electron chi connectivity index (χ4n) is 5.86. The molecule has 3 aliphatic rings. The fraction of sp³-hybridized carbons (Fsp3) is 0.429. The number of esters is 2. The van der Waals surface area contributed by atoms with Crippen LogP contribution in [0, 0.1) is 5.92 Å². The number of hydrogen-bond acceptors (Lipinski definition) is 10. The summed E-state index contributed by atoms with van der Waals surface area (Å²) in [5, 5.41) is 2.58. The summed E-state index contributed by atoms with van der Waals surface area (Å²) in [5.41, 5.74) is 3.43. The van der Waals surface area contributed by atoms with Crippen LogP contribution in [0.5, 0.6) is 11.5 Å². The van der Waals surface area contributed by atoms with E-state index in [-0.39, 0.29) is 30.3 Å². The van der Waals surface area contributed by atoms with Crippen LogP contribution in [0.2, 0.25) is 0 Å². The van der Waals surface area contributed by atoms with E-state index in [1.165, 1.54) is 11.8 Å². The Balaban J connectivity index is 1.44. The molecule has 244 valence electrons. The summed E-state index contributed by atoms with van der Waals surface area (Å²) in [4.78, 5) is 48.2. The highest BCUT2D eigenvalue weighted by atomic mass is 32.2. The minimum Gasteiger partial charge on any atom is -0.493 e. The van der Waals surface area contributed by atoms with E-state index >= 15 is 0 Å². The minimum atomic E-state index is -0.626. The van der Waals surface area contributed by atoms with Crippen molar-refractivity contribution in [1.29, 1.82) is 0 Å². The summed E-state index contributed by atoms with van der Waals surface area (Å²) >= 11 is 1.41. The van der Waals surface area contributed by atoms with Crippen LogP contribution in [-0.2, 0) is 30.5 Å². The molecule has 0 spiro atoms. The maximum atomic E-state index is 13.7. The summed E-state index contributed by atoms with van der Waals surface area (Å²) in [7, 11) is 1.58. The van der Waals surface area contributed by atoms with E-state index < -0.39 is 12.0 Å². The lowest BCUT2D eigenvalue weighted by Gasteiger charge is -2.37. The predicted molar refractivity (Wildman–Crippen MR) is 176 cm³/mol. The molecule has 1 saturated heterocycles. The number of amides is 1. The van der Waals surface area contributed by atoms with Gasteiger partial charge in [-0.15, -0.1) is 0 Å². The van der Waals surface area contributed by atoms with Crippen LogP contribution in [0.25, 0.3) is 0 Å². The number of thioether (sulfide) groups is 1. The summed E-state index contributed by atoms with van der Waals surface area (Å²) in [5.74, 6) is -0.0868. The monoisotopic (exact) mass is 647 g/mol. The molecule has 2 aromatic carbocycles. The van der Waals surface area contributed by atoms with Crippen molar-refractivity contribution >= 4 is 34.8 Å². The maximum Gasteiger partial charge on any atom is 0.338 e. The van der Waals surface area contributed by atoms with Crippen LogP contribution >= 0.6 is 11.8 Å². The quantitative estimate of drug-likeness (QED) is 0.272. The number of allylic oxidation sites excluding steroid dienone is 1. The van der Waals surface area contributed by atoms with Gasteiger partial charge in [-0.05, 0) is 69.2 Å². The number of piperidine rings is 1. The van der Waals surface area contributed by atoms with E-state index in [9.17, 15) is 14.4 Å². The number of amidine groups is 1. The molecule has 0 saturated carbocycles. The van der Waals surface area contributed by atoms with Gasteiger partial charge in [0.25, 0.3) is 0 Å². The number of aliphatic imine (C=N–C) groups is 1. The second-order valence-corrected chi connectivity index (χ2v) is 12.5. The third-order valence-electron chi connectivity index (χ3n) is 8.03. The van der Waals surface area contributed by atoms with Crippen molar-refractivity contribution in [2.75, 3.05) is 26.8 Å². The van der Waals surface area contributed by atoms with E-state index in [1.54, 1.807) is 39.7 Å². The standard InChI is InChI=1S/C35H41N3O7S/c1-6-43-33(40)26-13-10-16-37(19-26)30(39)18-27-21-46-35-36-23(4)31(34(41)45-22(2)3)32(38(27)35)25-14-15-28(29(17-25)42-5)44-20-24-11-8-7-9-12-24/h7-9,11-12,14-15,17,21-22,26,32H,6,10,13,16,18-20H2,1-5H3/t26-,32-/m0/s1.